The van der Waals surface area contributed by atoms with Gasteiger partial charge in [-0.2, -0.15) is 0 Å². The quantitative estimate of drug-likeness (QED) is 0.810. The summed E-state index contributed by atoms with van der Waals surface area (Å²) >= 11 is 1.59. The van der Waals surface area contributed by atoms with Gasteiger partial charge in [0.25, 0.3) is 0 Å². The smallest absolute Gasteiger partial charge is 0.226 e. The lowest BCUT2D eigenvalue weighted by Crippen LogP contribution is -2.35. The van der Waals surface area contributed by atoms with E-state index in [1.54, 1.807) is 11.3 Å². The Morgan fingerprint density at radius 1 is 1.31 bits per heavy atom. The summed E-state index contributed by atoms with van der Waals surface area (Å²) in [6.45, 7) is 8.68. The molecule has 3 rings (SSSR count). The summed E-state index contributed by atoms with van der Waals surface area (Å²) in [7, 11) is 0. The van der Waals surface area contributed by atoms with Crippen molar-refractivity contribution in [3.05, 3.63) is 40.9 Å². The Kier molecular flexibility index (Phi) is 6.77. The Morgan fingerprint density at radius 3 is 2.73 bits per heavy atom. The first kappa shape index (κ1) is 19.0. The van der Waals surface area contributed by atoms with Crippen molar-refractivity contribution in [3.63, 3.8) is 0 Å². The molecule has 0 saturated carbocycles. The maximum absolute atomic E-state index is 12.0. The van der Waals surface area contributed by atoms with Gasteiger partial charge in [0.15, 0.2) is 0 Å². The van der Waals surface area contributed by atoms with E-state index in [-0.39, 0.29) is 11.9 Å². The van der Waals surface area contributed by atoms with Gasteiger partial charge in [-0.15, -0.1) is 11.3 Å². The summed E-state index contributed by atoms with van der Waals surface area (Å²) in [5.74, 6) is 0.0389. The van der Waals surface area contributed by atoms with E-state index in [0.29, 0.717) is 6.42 Å². The summed E-state index contributed by atoms with van der Waals surface area (Å²) in [6.07, 6.45) is 1.28. The second-order valence-corrected chi connectivity index (χ2v) is 7.64. The van der Waals surface area contributed by atoms with Crippen LogP contribution in [0.25, 0.3) is 10.6 Å². The highest BCUT2D eigenvalue weighted by atomic mass is 32.1. The number of carbonyl (C=O) groups is 1. The van der Waals surface area contributed by atoms with Gasteiger partial charge in [-0.05, 0) is 18.9 Å². The predicted octanol–water partition coefficient (Wildman–Crippen LogP) is 3.10. The van der Waals surface area contributed by atoms with Crippen LogP contribution in [0.4, 0.5) is 0 Å². The van der Waals surface area contributed by atoms with E-state index < -0.39 is 0 Å². The van der Waals surface area contributed by atoms with E-state index in [1.807, 2.05) is 12.3 Å². The molecule has 1 aliphatic heterocycles. The number of amides is 1. The Balaban J connectivity index is 1.57. The molecule has 1 saturated heterocycles. The second-order valence-electron chi connectivity index (χ2n) is 6.78. The second kappa shape index (κ2) is 9.26. The van der Waals surface area contributed by atoms with Crippen LogP contribution in [0.1, 0.15) is 31.5 Å². The zero-order valence-electron chi connectivity index (χ0n) is 15.5. The van der Waals surface area contributed by atoms with Gasteiger partial charge in [0.1, 0.15) is 5.01 Å². The number of rotatable bonds is 7. The zero-order chi connectivity index (χ0) is 18.4. The number of carbonyl (C=O) groups excluding carboxylic acids is 1. The Morgan fingerprint density at radius 2 is 2.04 bits per heavy atom. The molecular weight excluding hydrogens is 346 g/mol. The van der Waals surface area contributed by atoms with Gasteiger partial charge in [0, 0.05) is 36.6 Å². The van der Waals surface area contributed by atoms with Crippen LogP contribution < -0.4 is 5.32 Å². The molecule has 2 heterocycles. The van der Waals surface area contributed by atoms with Gasteiger partial charge >= 0.3 is 0 Å². The number of nitrogens with zero attached hydrogens (tertiary/aromatic N) is 2. The summed E-state index contributed by atoms with van der Waals surface area (Å²) in [4.78, 5) is 19.0. The van der Waals surface area contributed by atoms with Crippen LogP contribution in [-0.2, 0) is 22.5 Å². The molecule has 26 heavy (non-hydrogen) atoms. The van der Waals surface area contributed by atoms with Crippen LogP contribution in [0.5, 0.6) is 0 Å². The van der Waals surface area contributed by atoms with Crippen LogP contribution in [0.15, 0.2) is 29.6 Å². The molecule has 0 spiro atoms. The fraction of sp³-hybridized carbons (Fsp3) is 0.500. The minimum atomic E-state index is 0.0389. The molecular formula is C20H27N3O2S. The molecule has 0 aliphatic carbocycles. The zero-order valence-corrected chi connectivity index (χ0v) is 16.3. The van der Waals surface area contributed by atoms with Gasteiger partial charge in [0.2, 0.25) is 5.91 Å². The Hall–Kier alpha value is -1.76. The van der Waals surface area contributed by atoms with Crippen LogP contribution in [0.3, 0.4) is 0 Å². The van der Waals surface area contributed by atoms with Crippen molar-refractivity contribution in [1.29, 1.82) is 0 Å². The monoisotopic (exact) mass is 373 g/mol. The molecule has 6 heteroatoms. The fourth-order valence-corrected chi connectivity index (χ4v) is 3.71. The lowest BCUT2D eigenvalue weighted by molar-refractivity contribution is -0.121. The maximum Gasteiger partial charge on any atom is 0.226 e. The topological polar surface area (TPSA) is 54.5 Å². The number of aromatic nitrogens is 1. The minimum Gasteiger partial charge on any atom is -0.379 e. The number of hydrogen-bond acceptors (Lipinski definition) is 5. The van der Waals surface area contributed by atoms with Crippen LogP contribution >= 0.6 is 11.3 Å². The van der Waals surface area contributed by atoms with Crippen molar-refractivity contribution >= 4 is 17.2 Å². The molecule has 1 aromatic heterocycles. The largest absolute Gasteiger partial charge is 0.379 e. The predicted molar refractivity (Wildman–Crippen MR) is 105 cm³/mol. The van der Waals surface area contributed by atoms with E-state index in [9.17, 15) is 4.79 Å². The first-order chi connectivity index (χ1) is 12.6. The summed E-state index contributed by atoms with van der Waals surface area (Å²) in [6, 6.07) is 8.79. The number of morpholine rings is 1. The van der Waals surface area contributed by atoms with Crippen LogP contribution in [0, 0.1) is 0 Å². The molecule has 1 aromatic carbocycles. The number of nitrogens with one attached hydrogen (secondary N) is 1. The average Bonchev–Trinajstić information content (AvgIpc) is 3.11. The first-order valence-corrected chi connectivity index (χ1v) is 10.1. The van der Waals surface area contributed by atoms with Crippen LogP contribution in [-0.4, -0.2) is 48.1 Å². The van der Waals surface area contributed by atoms with Crippen molar-refractivity contribution in [2.24, 2.45) is 0 Å². The van der Waals surface area contributed by atoms with Gasteiger partial charge in [-0.3, -0.25) is 9.69 Å². The molecule has 0 bridgehead atoms. The minimum absolute atomic E-state index is 0.0389. The standard InChI is InChI=1S/C20H27N3O2S/c1-3-15(2)21-19(24)12-18-14-26-20(22-18)17-6-4-16(5-7-17)13-23-8-10-25-11-9-23/h4-7,14-15H,3,8-13H2,1-2H3,(H,21,24). The molecule has 1 atom stereocenters. The molecule has 1 aliphatic rings. The van der Waals surface area contributed by atoms with Gasteiger partial charge in [-0.1, -0.05) is 31.2 Å². The number of ether oxygens (including phenoxy) is 1. The SMILES string of the molecule is CCC(C)NC(=O)Cc1csc(-c2ccc(CN3CCOCC3)cc2)n1. The highest BCUT2D eigenvalue weighted by Crippen LogP contribution is 2.24. The molecule has 140 valence electrons. The van der Waals surface area contributed by atoms with Crippen molar-refractivity contribution in [1.82, 2.24) is 15.2 Å². The molecule has 0 radical (unpaired) electrons. The average molecular weight is 374 g/mol. The first-order valence-electron chi connectivity index (χ1n) is 9.27. The summed E-state index contributed by atoms with van der Waals surface area (Å²) < 4.78 is 5.39. The molecule has 1 fully saturated rings. The highest BCUT2D eigenvalue weighted by Gasteiger charge is 2.12. The maximum atomic E-state index is 12.0. The number of benzene rings is 1. The lowest BCUT2D eigenvalue weighted by atomic mass is 10.1. The van der Waals surface area contributed by atoms with Gasteiger partial charge in [-0.25, -0.2) is 4.98 Å². The van der Waals surface area contributed by atoms with Gasteiger partial charge in [0.05, 0.1) is 25.3 Å². The van der Waals surface area contributed by atoms with E-state index >= 15 is 0 Å². The molecule has 1 amide bonds. The van der Waals surface area contributed by atoms with Gasteiger partial charge < -0.3 is 10.1 Å². The normalized spacial score (nSPS) is 16.4. The van der Waals surface area contributed by atoms with Crippen molar-refractivity contribution < 1.29 is 9.53 Å². The summed E-state index contributed by atoms with van der Waals surface area (Å²) in [5, 5.41) is 5.93. The number of thiazole rings is 1. The third-order valence-electron chi connectivity index (χ3n) is 4.62. The molecule has 1 N–H and O–H groups in total. The summed E-state index contributed by atoms with van der Waals surface area (Å²) in [5.41, 5.74) is 3.25. The van der Waals surface area contributed by atoms with E-state index in [0.717, 1.165) is 55.5 Å². The Labute approximate surface area is 159 Å². The molecule has 1 unspecified atom stereocenters. The van der Waals surface area contributed by atoms with E-state index in [1.165, 1.54) is 5.56 Å². The Bertz CT molecular complexity index is 708. The molecule has 5 nitrogen and oxygen atoms in total. The van der Waals surface area contributed by atoms with Crippen molar-refractivity contribution in [2.45, 2.75) is 39.3 Å². The van der Waals surface area contributed by atoms with Crippen molar-refractivity contribution in [2.75, 3.05) is 26.3 Å². The third-order valence-corrected chi connectivity index (χ3v) is 5.56. The van der Waals surface area contributed by atoms with E-state index in [4.69, 9.17) is 4.74 Å². The highest BCUT2D eigenvalue weighted by molar-refractivity contribution is 7.13. The molecule has 2 aromatic rings. The lowest BCUT2D eigenvalue weighted by Gasteiger charge is -2.26. The fourth-order valence-electron chi connectivity index (χ4n) is 2.88. The van der Waals surface area contributed by atoms with E-state index in [2.05, 4.69) is 46.4 Å². The van der Waals surface area contributed by atoms with Crippen molar-refractivity contribution in [3.8, 4) is 10.6 Å². The third kappa shape index (κ3) is 5.37. The number of hydrogen-bond donors (Lipinski definition) is 1. The van der Waals surface area contributed by atoms with Crippen LogP contribution in [0.2, 0.25) is 0 Å².